The van der Waals surface area contributed by atoms with Gasteiger partial charge < -0.3 is 14.4 Å². The maximum absolute atomic E-state index is 9.81. The van der Waals surface area contributed by atoms with Gasteiger partial charge in [0.05, 0.1) is 19.6 Å². The van der Waals surface area contributed by atoms with Crippen LogP contribution >= 0.6 is 0 Å². The summed E-state index contributed by atoms with van der Waals surface area (Å²) in [5.41, 5.74) is 1.01. The monoisotopic (exact) mass is 276 g/mol. The highest BCUT2D eigenvalue weighted by Gasteiger charge is 2.16. The Morgan fingerprint density at radius 3 is 2.75 bits per heavy atom. The topological polar surface area (TPSA) is 68.4 Å². The highest BCUT2D eigenvalue weighted by Crippen LogP contribution is 2.20. The van der Waals surface area contributed by atoms with Crippen molar-refractivity contribution in [2.24, 2.45) is 5.92 Å². The summed E-state index contributed by atoms with van der Waals surface area (Å²) >= 11 is 0. The largest absolute Gasteiger partial charge is 0.496 e. The van der Waals surface area contributed by atoms with Gasteiger partial charge >= 0.3 is 0 Å². The zero-order chi connectivity index (χ0) is 14.5. The molecular formula is C15H20N2O3. The van der Waals surface area contributed by atoms with Gasteiger partial charge in [0, 0.05) is 12.0 Å². The van der Waals surface area contributed by atoms with Gasteiger partial charge in [-0.3, -0.25) is 0 Å². The van der Waals surface area contributed by atoms with E-state index in [1.165, 1.54) is 0 Å². The zero-order valence-corrected chi connectivity index (χ0v) is 12.0. The molecule has 0 aliphatic heterocycles. The van der Waals surface area contributed by atoms with Crippen LogP contribution in [0.3, 0.4) is 0 Å². The molecule has 0 spiro atoms. The smallest absolute Gasteiger partial charge is 0.229 e. The molecule has 0 saturated heterocycles. The molecule has 0 aliphatic rings. The van der Waals surface area contributed by atoms with Gasteiger partial charge in [0.2, 0.25) is 5.89 Å². The molecule has 1 aromatic carbocycles. The Morgan fingerprint density at radius 1 is 1.30 bits per heavy atom. The van der Waals surface area contributed by atoms with E-state index in [1.807, 2.05) is 38.1 Å². The number of rotatable bonds is 6. The first kappa shape index (κ1) is 14.5. The van der Waals surface area contributed by atoms with Crippen molar-refractivity contribution in [3.05, 3.63) is 41.5 Å². The average Bonchev–Trinajstić information content (AvgIpc) is 2.86. The van der Waals surface area contributed by atoms with Crippen molar-refractivity contribution in [3.63, 3.8) is 0 Å². The lowest BCUT2D eigenvalue weighted by Crippen LogP contribution is -2.17. The predicted molar refractivity (Wildman–Crippen MR) is 74.6 cm³/mol. The molecule has 0 fully saturated rings. The lowest BCUT2D eigenvalue weighted by atomic mass is 10.0. The molecule has 2 aromatic rings. The van der Waals surface area contributed by atoms with Crippen molar-refractivity contribution < 1.29 is 14.4 Å². The summed E-state index contributed by atoms with van der Waals surface area (Å²) < 4.78 is 10.5. The second-order valence-electron chi connectivity index (χ2n) is 5.11. The molecule has 0 radical (unpaired) electrons. The SMILES string of the molecule is COc1ccccc1Cc1noc(CC(O)C(C)C)n1. The number of methoxy groups -OCH3 is 1. The Bertz CT molecular complexity index is 552. The normalized spacial score (nSPS) is 12.7. The Labute approximate surface area is 118 Å². The molecule has 1 heterocycles. The summed E-state index contributed by atoms with van der Waals surface area (Å²) in [6.45, 7) is 3.91. The molecule has 5 heteroatoms. The Balaban J connectivity index is 2.06. The van der Waals surface area contributed by atoms with Crippen LogP contribution < -0.4 is 4.74 Å². The summed E-state index contributed by atoms with van der Waals surface area (Å²) in [7, 11) is 1.64. The van der Waals surface area contributed by atoms with E-state index in [0.717, 1.165) is 11.3 Å². The maximum atomic E-state index is 9.81. The van der Waals surface area contributed by atoms with Gasteiger partial charge in [0.25, 0.3) is 0 Å². The van der Waals surface area contributed by atoms with Crippen LogP contribution in [0.4, 0.5) is 0 Å². The van der Waals surface area contributed by atoms with Gasteiger partial charge in [-0.1, -0.05) is 37.2 Å². The van der Waals surface area contributed by atoms with Crippen LogP contribution in [0.25, 0.3) is 0 Å². The maximum Gasteiger partial charge on any atom is 0.229 e. The number of aromatic nitrogens is 2. The number of hydrogen-bond acceptors (Lipinski definition) is 5. The van der Waals surface area contributed by atoms with Gasteiger partial charge in [-0.2, -0.15) is 4.98 Å². The first-order chi connectivity index (χ1) is 9.60. The van der Waals surface area contributed by atoms with Crippen LogP contribution in [0.2, 0.25) is 0 Å². The zero-order valence-electron chi connectivity index (χ0n) is 12.0. The van der Waals surface area contributed by atoms with Crippen LogP contribution in [0.1, 0.15) is 31.1 Å². The van der Waals surface area contributed by atoms with E-state index in [2.05, 4.69) is 10.1 Å². The molecule has 1 aromatic heterocycles. The van der Waals surface area contributed by atoms with Gasteiger partial charge in [-0.05, 0) is 12.0 Å². The Morgan fingerprint density at radius 2 is 2.05 bits per heavy atom. The number of nitrogens with zero attached hydrogens (tertiary/aromatic N) is 2. The average molecular weight is 276 g/mol. The second kappa shape index (κ2) is 6.52. The number of aliphatic hydroxyl groups is 1. The lowest BCUT2D eigenvalue weighted by Gasteiger charge is -2.10. The van der Waals surface area contributed by atoms with E-state index in [-0.39, 0.29) is 5.92 Å². The van der Waals surface area contributed by atoms with Crippen molar-refractivity contribution in [3.8, 4) is 5.75 Å². The first-order valence-electron chi connectivity index (χ1n) is 6.71. The van der Waals surface area contributed by atoms with Crippen LogP contribution in [0.15, 0.2) is 28.8 Å². The predicted octanol–water partition coefficient (Wildman–Crippen LogP) is 2.23. The van der Waals surface area contributed by atoms with Gasteiger partial charge in [0.15, 0.2) is 5.82 Å². The number of para-hydroxylation sites is 1. The minimum atomic E-state index is -0.463. The Kier molecular flexibility index (Phi) is 4.74. The number of benzene rings is 1. The highest BCUT2D eigenvalue weighted by atomic mass is 16.5. The van der Waals surface area contributed by atoms with Crippen molar-refractivity contribution in [1.29, 1.82) is 0 Å². The fourth-order valence-electron chi connectivity index (χ4n) is 1.88. The second-order valence-corrected chi connectivity index (χ2v) is 5.11. The molecule has 0 saturated carbocycles. The Hall–Kier alpha value is -1.88. The van der Waals surface area contributed by atoms with Gasteiger partial charge in [0.1, 0.15) is 5.75 Å². The summed E-state index contributed by atoms with van der Waals surface area (Å²) in [6, 6.07) is 7.74. The van der Waals surface area contributed by atoms with Gasteiger partial charge in [-0.15, -0.1) is 0 Å². The third kappa shape index (κ3) is 3.57. The summed E-state index contributed by atoms with van der Waals surface area (Å²) in [5, 5.41) is 13.8. The molecule has 1 N–H and O–H groups in total. The first-order valence-corrected chi connectivity index (χ1v) is 6.71. The van der Waals surface area contributed by atoms with Gasteiger partial charge in [-0.25, -0.2) is 0 Å². The van der Waals surface area contributed by atoms with E-state index >= 15 is 0 Å². The molecule has 0 aliphatic carbocycles. The lowest BCUT2D eigenvalue weighted by molar-refractivity contribution is 0.116. The van der Waals surface area contributed by atoms with E-state index in [4.69, 9.17) is 9.26 Å². The van der Waals surface area contributed by atoms with Crippen LogP contribution in [-0.2, 0) is 12.8 Å². The third-order valence-electron chi connectivity index (χ3n) is 3.20. The van der Waals surface area contributed by atoms with Crippen LogP contribution in [0, 0.1) is 5.92 Å². The third-order valence-corrected chi connectivity index (χ3v) is 3.20. The molecule has 5 nitrogen and oxygen atoms in total. The summed E-state index contributed by atoms with van der Waals surface area (Å²) in [4.78, 5) is 4.31. The molecular weight excluding hydrogens is 256 g/mol. The minimum Gasteiger partial charge on any atom is -0.496 e. The molecule has 108 valence electrons. The van der Waals surface area contributed by atoms with E-state index in [0.29, 0.717) is 24.6 Å². The number of ether oxygens (including phenoxy) is 1. The van der Waals surface area contributed by atoms with Crippen LogP contribution in [-0.4, -0.2) is 28.5 Å². The standard InChI is InChI=1S/C15H20N2O3/c1-10(2)12(18)9-15-16-14(17-20-15)8-11-6-4-5-7-13(11)19-3/h4-7,10,12,18H,8-9H2,1-3H3. The van der Waals surface area contributed by atoms with Crippen LogP contribution in [0.5, 0.6) is 5.75 Å². The molecule has 1 unspecified atom stereocenters. The molecule has 1 atom stereocenters. The van der Waals surface area contributed by atoms with E-state index in [9.17, 15) is 5.11 Å². The summed E-state index contributed by atoms with van der Waals surface area (Å²) in [5.74, 6) is 2.04. The van der Waals surface area contributed by atoms with Crippen molar-refractivity contribution in [1.82, 2.24) is 10.1 Å². The number of aliphatic hydroxyl groups excluding tert-OH is 1. The minimum absolute atomic E-state index is 0.166. The van der Waals surface area contributed by atoms with Crippen molar-refractivity contribution in [2.75, 3.05) is 7.11 Å². The number of hydrogen-bond donors (Lipinski definition) is 1. The highest BCUT2D eigenvalue weighted by molar-refractivity contribution is 5.35. The molecule has 0 bridgehead atoms. The molecule has 0 amide bonds. The fourth-order valence-corrected chi connectivity index (χ4v) is 1.88. The van der Waals surface area contributed by atoms with Crippen molar-refractivity contribution in [2.45, 2.75) is 32.8 Å². The quantitative estimate of drug-likeness (QED) is 0.876. The fraction of sp³-hybridized carbons (Fsp3) is 0.467. The molecule has 20 heavy (non-hydrogen) atoms. The van der Waals surface area contributed by atoms with E-state index in [1.54, 1.807) is 7.11 Å². The van der Waals surface area contributed by atoms with E-state index < -0.39 is 6.10 Å². The van der Waals surface area contributed by atoms with Crippen molar-refractivity contribution >= 4 is 0 Å². The molecule has 2 rings (SSSR count). The summed E-state index contributed by atoms with van der Waals surface area (Å²) in [6.07, 6.45) is 0.469.